The van der Waals surface area contributed by atoms with Crippen LogP contribution in [0.25, 0.3) is 0 Å². The van der Waals surface area contributed by atoms with Gasteiger partial charge in [0.05, 0.1) is 6.54 Å². The Morgan fingerprint density at radius 2 is 2.40 bits per heavy atom. The lowest BCUT2D eigenvalue weighted by atomic mass is 10.0. The smallest absolute Gasteiger partial charge is 0.146 e. The second-order valence-corrected chi connectivity index (χ2v) is 4.44. The molecule has 0 spiro atoms. The Balaban J connectivity index is 1.85. The van der Waals surface area contributed by atoms with Crippen LogP contribution in [0.2, 0.25) is 0 Å². The van der Waals surface area contributed by atoms with Crippen LogP contribution in [-0.2, 0) is 13.6 Å². The number of hydrogen-bond donors (Lipinski definition) is 1. The molecule has 1 N–H and O–H groups in total. The molecule has 1 aliphatic carbocycles. The average Bonchev–Trinajstić information content (AvgIpc) is 2.83. The third-order valence-electron chi connectivity index (χ3n) is 3.51. The predicted octanol–water partition coefficient (Wildman–Crippen LogP) is 1.48. The fourth-order valence-electron chi connectivity index (χ4n) is 2.48. The second-order valence-electron chi connectivity index (χ2n) is 4.44. The fourth-order valence-corrected chi connectivity index (χ4v) is 2.48. The fraction of sp³-hybridized carbons (Fsp3) is 0.818. The number of nitrogens with zero attached hydrogens (tertiary/aromatic N) is 3. The van der Waals surface area contributed by atoms with Crippen molar-refractivity contribution < 1.29 is 0 Å². The lowest BCUT2D eigenvalue weighted by Gasteiger charge is -2.19. The van der Waals surface area contributed by atoms with E-state index in [1.807, 2.05) is 11.6 Å². The molecule has 15 heavy (non-hydrogen) atoms. The molecule has 1 saturated carbocycles. The van der Waals surface area contributed by atoms with Gasteiger partial charge < -0.3 is 9.88 Å². The van der Waals surface area contributed by atoms with Crippen LogP contribution in [-0.4, -0.2) is 20.8 Å². The highest BCUT2D eigenvalue weighted by Crippen LogP contribution is 2.28. The maximum absolute atomic E-state index is 4.08. The van der Waals surface area contributed by atoms with E-state index in [-0.39, 0.29) is 0 Å². The standard InChI is InChI=1S/C11H20N4/c1-3-9-5-4-6-10(9)12-7-11-14-13-8-15(11)2/h8-10,12H,3-7H2,1-2H3. The summed E-state index contributed by atoms with van der Waals surface area (Å²) in [4.78, 5) is 0. The van der Waals surface area contributed by atoms with Crippen molar-refractivity contribution in [3.05, 3.63) is 12.2 Å². The maximum atomic E-state index is 4.08. The van der Waals surface area contributed by atoms with Crippen molar-refractivity contribution in [1.82, 2.24) is 20.1 Å². The highest BCUT2D eigenvalue weighted by Gasteiger charge is 2.25. The van der Waals surface area contributed by atoms with Crippen molar-refractivity contribution in [3.63, 3.8) is 0 Å². The molecule has 0 aromatic carbocycles. The van der Waals surface area contributed by atoms with Crippen molar-refractivity contribution >= 4 is 0 Å². The summed E-state index contributed by atoms with van der Waals surface area (Å²) >= 11 is 0. The van der Waals surface area contributed by atoms with E-state index < -0.39 is 0 Å². The third-order valence-corrected chi connectivity index (χ3v) is 3.51. The van der Waals surface area contributed by atoms with E-state index in [1.165, 1.54) is 25.7 Å². The van der Waals surface area contributed by atoms with Crippen molar-refractivity contribution in [1.29, 1.82) is 0 Å². The number of aryl methyl sites for hydroxylation is 1. The molecule has 1 aliphatic rings. The Kier molecular flexibility index (Phi) is 3.36. The number of rotatable bonds is 4. The van der Waals surface area contributed by atoms with Crippen LogP contribution in [0, 0.1) is 5.92 Å². The van der Waals surface area contributed by atoms with Gasteiger partial charge in [0.2, 0.25) is 0 Å². The lowest BCUT2D eigenvalue weighted by Crippen LogP contribution is -2.32. The molecule has 4 nitrogen and oxygen atoms in total. The van der Waals surface area contributed by atoms with Gasteiger partial charge in [-0.15, -0.1) is 10.2 Å². The van der Waals surface area contributed by atoms with Gasteiger partial charge in [0.25, 0.3) is 0 Å². The first-order valence-electron chi connectivity index (χ1n) is 5.87. The molecule has 0 amide bonds. The van der Waals surface area contributed by atoms with Gasteiger partial charge in [-0.2, -0.15) is 0 Å². The van der Waals surface area contributed by atoms with Crippen molar-refractivity contribution in [2.45, 2.75) is 45.2 Å². The van der Waals surface area contributed by atoms with Gasteiger partial charge in [-0.25, -0.2) is 0 Å². The molecule has 2 atom stereocenters. The van der Waals surface area contributed by atoms with E-state index in [4.69, 9.17) is 0 Å². The Bertz CT molecular complexity index is 307. The summed E-state index contributed by atoms with van der Waals surface area (Å²) in [5, 5.41) is 11.6. The molecule has 0 radical (unpaired) electrons. The molecule has 84 valence electrons. The minimum absolute atomic E-state index is 0.687. The molecule has 1 aromatic heterocycles. The van der Waals surface area contributed by atoms with Crippen LogP contribution < -0.4 is 5.32 Å². The zero-order valence-corrected chi connectivity index (χ0v) is 9.61. The van der Waals surface area contributed by atoms with Crippen LogP contribution >= 0.6 is 0 Å². The first-order chi connectivity index (χ1) is 7.31. The molecule has 1 fully saturated rings. The number of aromatic nitrogens is 3. The van der Waals surface area contributed by atoms with E-state index in [1.54, 1.807) is 6.33 Å². The molecular weight excluding hydrogens is 188 g/mol. The molecule has 0 aliphatic heterocycles. The van der Waals surface area contributed by atoms with E-state index in [0.717, 1.165) is 18.3 Å². The van der Waals surface area contributed by atoms with Gasteiger partial charge in [0.15, 0.2) is 0 Å². The first kappa shape index (κ1) is 10.6. The predicted molar refractivity (Wildman–Crippen MR) is 59.3 cm³/mol. The number of nitrogens with one attached hydrogen (secondary N) is 1. The Morgan fingerprint density at radius 3 is 3.07 bits per heavy atom. The van der Waals surface area contributed by atoms with Crippen LogP contribution in [0.1, 0.15) is 38.4 Å². The molecule has 4 heteroatoms. The maximum Gasteiger partial charge on any atom is 0.146 e. The van der Waals surface area contributed by atoms with E-state index in [9.17, 15) is 0 Å². The van der Waals surface area contributed by atoms with Crippen LogP contribution in [0.5, 0.6) is 0 Å². The topological polar surface area (TPSA) is 42.7 Å². The largest absolute Gasteiger partial charge is 0.320 e. The second kappa shape index (κ2) is 4.75. The van der Waals surface area contributed by atoms with Gasteiger partial charge in [-0.1, -0.05) is 19.8 Å². The zero-order valence-electron chi connectivity index (χ0n) is 9.61. The van der Waals surface area contributed by atoms with E-state index in [0.29, 0.717) is 6.04 Å². The summed E-state index contributed by atoms with van der Waals surface area (Å²) in [5.74, 6) is 1.88. The van der Waals surface area contributed by atoms with Crippen molar-refractivity contribution in [2.24, 2.45) is 13.0 Å². The highest BCUT2D eigenvalue weighted by atomic mass is 15.3. The van der Waals surface area contributed by atoms with Crippen LogP contribution in [0.3, 0.4) is 0 Å². The molecule has 1 heterocycles. The van der Waals surface area contributed by atoms with E-state index in [2.05, 4.69) is 22.4 Å². The molecule has 0 saturated heterocycles. The highest BCUT2D eigenvalue weighted by molar-refractivity contribution is 4.88. The molecular formula is C11H20N4. The van der Waals surface area contributed by atoms with Gasteiger partial charge in [-0.05, 0) is 18.8 Å². The SMILES string of the molecule is CCC1CCCC1NCc1nncn1C. The first-order valence-corrected chi connectivity index (χ1v) is 5.87. The van der Waals surface area contributed by atoms with Crippen LogP contribution in [0.15, 0.2) is 6.33 Å². The number of hydrogen-bond acceptors (Lipinski definition) is 3. The minimum Gasteiger partial charge on any atom is -0.320 e. The van der Waals surface area contributed by atoms with Gasteiger partial charge in [0, 0.05) is 13.1 Å². The molecule has 2 unspecified atom stereocenters. The van der Waals surface area contributed by atoms with Gasteiger partial charge >= 0.3 is 0 Å². The van der Waals surface area contributed by atoms with Crippen molar-refractivity contribution in [3.8, 4) is 0 Å². The monoisotopic (exact) mass is 208 g/mol. The van der Waals surface area contributed by atoms with Crippen molar-refractivity contribution in [2.75, 3.05) is 0 Å². The summed E-state index contributed by atoms with van der Waals surface area (Å²) in [7, 11) is 1.99. The summed E-state index contributed by atoms with van der Waals surface area (Å²) in [6.45, 7) is 3.13. The summed E-state index contributed by atoms with van der Waals surface area (Å²) in [6.07, 6.45) is 7.11. The zero-order chi connectivity index (χ0) is 10.7. The summed E-state index contributed by atoms with van der Waals surface area (Å²) in [6, 6.07) is 0.687. The Morgan fingerprint density at radius 1 is 1.53 bits per heavy atom. The Hall–Kier alpha value is -0.900. The average molecular weight is 208 g/mol. The van der Waals surface area contributed by atoms with Crippen LogP contribution in [0.4, 0.5) is 0 Å². The lowest BCUT2D eigenvalue weighted by molar-refractivity contribution is 0.384. The molecule has 1 aromatic rings. The third kappa shape index (κ3) is 2.37. The molecule has 2 rings (SSSR count). The minimum atomic E-state index is 0.687. The summed E-state index contributed by atoms with van der Waals surface area (Å²) in [5.41, 5.74) is 0. The van der Waals surface area contributed by atoms with Gasteiger partial charge in [-0.3, -0.25) is 0 Å². The van der Waals surface area contributed by atoms with E-state index >= 15 is 0 Å². The summed E-state index contributed by atoms with van der Waals surface area (Å²) < 4.78 is 1.98. The Labute approximate surface area is 91.1 Å². The van der Waals surface area contributed by atoms with Gasteiger partial charge in [0.1, 0.15) is 12.2 Å². The normalized spacial score (nSPS) is 26.0. The quantitative estimate of drug-likeness (QED) is 0.815. The molecule has 0 bridgehead atoms.